The molecule has 0 radical (unpaired) electrons. The molecule has 4 nitrogen and oxygen atoms in total. The molecule has 2 rings (SSSR count). The highest BCUT2D eigenvalue weighted by Crippen LogP contribution is 2.22. The van der Waals surface area contributed by atoms with Crippen LogP contribution >= 0.6 is 11.6 Å². The minimum Gasteiger partial charge on any atom is -0.384 e. The lowest BCUT2D eigenvalue weighted by atomic mass is 10.2. The molecule has 2 N–H and O–H groups in total. The van der Waals surface area contributed by atoms with Crippen LogP contribution in [0, 0.1) is 5.82 Å². The summed E-state index contributed by atoms with van der Waals surface area (Å²) in [6, 6.07) is 5.70. The standard InChI is InChI=1S/C12H11ClFN3O/c1-18-6-10-5-11(15)17-12(16-10)7-2-8(13)4-9(14)3-7/h2-5H,6H2,1H3,(H2,15,16,17). The Bertz CT molecular complexity index is 557. The fourth-order valence-corrected chi connectivity index (χ4v) is 1.77. The summed E-state index contributed by atoms with van der Waals surface area (Å²) in [5, 5.41) is 0.282. The van der Waals surface area contributed by atoms with E-state index in [1.807, 2.05) is 0 Å². The number of hydrogen-bond donors (Lipinski definition) is 1. The molecule has 2 aromatic rings. The van der Waals surface area contributed by atoms with Gasteiger partial charge >= 0.3 is 0 Å². The van der Waals surface area contributed by atoms with Gasteiger partial charge in [-0.25, -0.2) is 14.4 Å². The summed E-state index contributed by atoms with van der Waals surface area (Å²) in [5.41, 5.74) is 6.77. The Kier molecular flexibility index (Phi) is 3.74. The third-order valence-electron chi connectivity index (χ3n) is 2.21. The van der Waals surface area contributed by atoms with Gasteiger partial charge in [-0.2, -0.15) is 0 Å². The van der Waals surface area contributed by atoms with Crippen LogP contribution in [0.15, 0.2) is 24.3 Å². The van der Waals surface area contributed by atoms with Gasteiger partial charge in [-0.15, -0.1) is 0 Å². The third kappa shape index (κ3) is 2.94. The Balaban J connectivity index is 2.49. The number of nitrogens with zero attached hydrogens (tertiary/aromatic N) is 2. The fourth-order valence-electron chi connectivity index (χ4n) is 1.55. The van der Waals surface area contributed by atoms with E-state index in [4.69, 9.17) is 22.1 Å². The molecule has 0 aliphatic carbocycles. The van der Waals surface area contributed by atoms with E-state index >= 15 is 0 Å². The van der Waals surface area contributed by atoms with E-state index in [0.717, 1.165) is 0 Å². The van der Waals surface area contributed by atoms with Crippen molar-refractivity contribution in [1.29, 1.82) is 0 Å². The first-order valence-corrected chi connectivity index (χ1v) is 5.55. The minimum absolute atomic E-state index is 0.282. The van der Waals surface area contributed by atoms with Crippen molar-refractivity contribution < 1.29 is 9.13 Å². The Morgan fingerprint density at radius 1 is 1.28 bits per heavy atom. The molecule has 0 saturated heterocycles. The van der Waals surface area contributed by atoms with Crippen molar-refractivity contribution >= 4 is 17.4 Å². The van der Waals surface area contributed by atoms with Crippen molar-refractivity contribution in [1.82, 2.24) is 9.97 Å². The van der Waals surface area contributed by atoms with Crippen LogP contribution in [-0.4, -0.2) is 17.1 Å². The number of hydrogen-bond acceptors (Lipinski definition) is 4. The van der Waals surface area contributed by atoms with E-state index in [1.54, 1.807) is 19.2 Å². The van der Waals surface area contributed by atoms with Gasteiger partial charge in [0.15, 0.2) is 5.82 Å². The Morgan fingerprint density at radius 3 is 2.72 bits per heavy atom. The van der Waals surface area contributed by atoms with Crippen molar-refractivity contribution in [3.05, 3.63) is 40.8 Å². The van der Waals surface area contributed by atoms with Crippen LogP contribution in [0.1, 0.15) is 5.69 Å². The highest BCUT2D eigenvalue weighted by atomic mass is 35.5. The molecule has 0 bridgehead atoms. The van der Waals surface area contributed by atoms with Gasteiger partial charge in [0, 0.05) is 23.8 Å². The van der Waals surface area contributed by atoms with E-state index < -0.39 is 5.82 Å². The Morgan fingerprint density at radius 2 is 2.06 bits per heavy atom. The molecule has 0 aliphatic rings. The second-order valence-electron chi connectivity index (χ2n) is 3.70. The number of halogens is 2. The van der Waals surface area contributed by atoms with Gasteiger partial charge in [0.2, 0.25) is 0 Å². The lowest BCUT2D eigenvalue weighted by Crippen LogP contribution is -2.01. The molecular weight excluding hydrogens is 257 g/mol. The molecule has 1 aromatic carbocycles. The molecule has 18 heavy (non-hydrogen) atoms. The topological polar surface area (TPSA) is 61.0 Å². The normalized spacial score (nSPS) is 10.6. The number of aromatic nitrogens is 2. The maximum Gasteiger partial charge on any atom is 0.161 e. The molecule has 0 amide bonds. The van der Waals surface area contributed by atoms with Crippen molar-refractivity contribution in [2.45, 2.75) is 6.61 Å². The number of nitrogen functional groups attached to an aromatic ring is 1. The maximum absolute atomic E-state index is 13.3. The Labute approximate surface area is 109 Å². The number of ether oxygens (including phenoxy) is 1. The van der Waals surface area contributed by atoms with Gasteiger partial charge in [-0.1, -0.05) is 11.6 Å². The number of nitrogens with two attached hydrogens (primary N) is 1. The summed E-state index contributed by atoms with van der Waals surface area (Å²) < 4.78 is 18.2. The summed E-state index contributed by atoms with van der Waals surface area (Å²) in [7, 11) is 1.55. The quantitative estimate of drug-likeness (QED) is 0.929. The largest absolute Gasteiger partial charge is 0.384 e. The summed E-state index contributed by atoms with van der Waals surface area (Å²) >= 11 is 5.79. The predicted octanol–water partition coefficient (Wildman–Crippen LogP) is 2.66. The zero-order chi connectivity index (χ0) is 13.1. The van der Waals surface area contributed by atoms with E-state index in [-0.39, 0.29) is 5.02 Å². The second-order valence-corrected chi connectivity index (χ2v) is 4.14. The van der Waals surface area contributed by atoms with Crippen molar-refractivity contribution in [2.75, 3.05) is 12.8 Å². The smallest absolute Gasteiger partial charge is 0.161 e. The molecule has 0 spiro atoms. The molecule has 94 valence electrons. The molecule has 6 heteroatoms. The molecule has 1 heterocycles. The van der Waals surface area contributed by atoms with Crippen LogP contribution in [0.3, 0.4) is 0 Å². The summed E-state index contributed by atoms with van der Waals surface area (Å²) in [5.74, 6) is 0.174. The van der Waals surface area contributed by atoms with E-state index in [0.29, 0.717) is 29.5 Å². The average molecular weight is 268 g/mol. The van der Waals surface area contributed by atoms with E-state index in [1.165, 1.54) is 12.1 Å². The molecule has 0 aliphatic heterocycles. The van der Waals surface area contributed by atoms with Gasteiger partial charge in [0.25, 0.3) is 0 Å². The van der Waals surface area contributed by atoms with Crippen molar-refractivity contribution in [2.24, 2.45) is 0 Å². The predicted molar refractivity (Wildman–Crippen MR) is 67.6 cm³/mol. The van der Waals surface area contributed by atoms with Crippen LogP contribution < -0.4 is 5.73 Å². The first kappa shape index (κ1) is 12.7. The summed E-state index contributed by atoms with van der Waals surface area (Å²) in [6.07, 6.45) is 0. The Hall–Kier alpha value is -1.72. The van der Waals surface area contributed by atoms with Gasteiger partial charge in [-0.05, 0) is 18.2 Å². The molecule has 0 fully saturated rings. The lowest BCUT2D eigenvalue weighted by Gasteiger charge is -2.06. The maximum atomic E-state index is 13.3. The van der Waals surface area contributed by atoms with Crippen LogP contribution in [0.4, 0.5) is 10.2 Å². The van der Waals surface area contributed by atoms with Crippen LogP contribution in [0.2, 0.25) is 5.02 Å². The number of methoxy groups -OCH3 is 1. The van der Waals surface area contributed by atoms with Crippen LogP contribution in [0.25, 0.3) is 11.4 Å². The van der Waals surface area contributed by atoms with Crippen LogP contribution in [-0.2, 0) is 11.3 Å². The SMILES string of the molecule is COCc1cc(N)nc(-c2cc(F)cc(Cl)c2)n1. The summed E-state index contributed by atoms with van der Waals surface area (Å²) in [4.78, 5) is 8.29. The van der Waals surface area contributed by atoms with E-state index in [9.17, 15) is 4.39 Å². The van der Waals surface area contributed by atoms with Crippen LogP contribution in [0.5, 0.6) is 0 Å². The second kappa shape index (κ2) is 5.29. The molecule has 0 saturated carbocycles. The van der Waals surface area contributed by atoms with Crippen molar-refractivity contribution in [3.8, 4) is 11.4 Å². The number of anilines is 1. The average Bonchev–Trinajstić information content (AvgIpc) is 2.27. The number of benzene rings is 1. The van der Waals surface area contributed by atoms with Gasteiger partial charge in [-0.3, -0.25) is 0 Å². The van der Waals surface area contributed by atoms with Gasteiger partial charge in [0.1, 0.15) is 11.6 Å². The molecular formula is C12H11ClFN3O. The third-order valence-corrected chi connectivity index (χ3v) is 2.43. The lowest BCUT2D eigenvalue weighted by molar-refractivity contribution is 0.181. The fraction of sp³-hybridized carbons (Fsp3) is 0.167. The molecule has 0 atom stereocenters. The summed E-state index contributed by atoms with van der Waals surface area (Å²) in [6.45, 7) is 0.308. The first-order valence-electron chi connectivity index (χ1n) is 5.17. The van der Waals surface area contributed by atoms with Crippen molar-refractivity contribution in [3.63, 3.8) is 0 Å². The highest BCUT2D eigenvalue weighted by Gasteiger charge is 2.08. The number of rotatable bonds is 3. The van der Waals surface area contributed by atoms with Gasteiger partial charge in [0.05, 0.1) is 12.3 Å². The highest BCUT2D eigenvalue weighted by molar-refractivity contribution is 6.30. The zero-order valence-corrected chi connectivity index (χ0v) is 10.4. The minimum atomic E-state index is -0.447. The first-order chi connectivity index (χ1) is 8.58. The zero-order valence-electron chi connectivity index (χ0n) is 9.65. The van der Waals surface area contributed by atoms with Gasteiger partial charge < -0.3 is 10.5 Å². The molecule has 1 aromatic heterocycles. The van der Waals surface area contributed by atoms with E-state index in [2.05, 4.69) is 9.97 Å². The monoisotopic (exact) mass is 267 g/mol. The molecule has 0 unspecified atom stereocenters.